The summed E-state index contributed by atoms with van der Waals surface area (Å²) in [6, 6.07) is 23.3. The van der Waals surface area contributed by atoms with Gasteiger partial charge < -0.3 is 15.4 Å². The fraction of sp³-hybridized carbons (Fsp3) is 0.185. The van der Waals surface area contributed by atoms with Crippen molar-refractivity contribution in [3.05, 3.63) is 89.3 Å². The molecule has 4 rings (SSSR count). The van der Waals surface area contributed by atoms with Crippen molar-refractivity contribution in [3.63, 3.8) is 0 Å². The summed E-state index contributed by atoms with van der Waals surface area (Å²) in [5, 5.41) is 9.10. The lowest BCUT2D eigenvalue weighted by atomic mass is 10.1. The number of aryl methyl sites for hydroxylation is 1. The number of methoxy groups -OCH3 is 1. The molecule has 0 saturated carbocycles. The molecule has 0 fully saturated rings. The standard InChI is InChI=1S/C27H27N3O2S/c1-3-4-7-19-12-14-20(15-13-19)26(31)28-22-9-5-8-21(16-22)25-18-33-27(30-25)29-23-10-6-11-24(17-23)32-2/h5-6,8-18H,3-4,7H2,1-2H3,(H,28,31)(H,29,30). The van der Waals surface area contributed by atoms with E-state index in [1.807, 2.05) is 78.2 Å². The fourth-order valence-corrected chi connectivity index (χ4v) is 4.19. The summed E-state index contributed by atoms with van der Waals surface area (Å²) in [6.07, 6.45) is 3.37. The number of rotatable bonds is 9. The maximum atomic E-state index is 12.7. The van der Waals surface area contributed by atoms with Gasteiger partial charge in [0.1, 0.15) is 5.75 Å². The average molecular weight is 458 g/mol. The summed E-state index contributed by atoms with van der Waals surface area (Å²) in [7, 11) is 1.65. The first-order chi connectivity index (χ1) is 16.1. The Morgan fingerprint density at radius 2 is 1.79 bits per heavy atom. The van der Waals surface area contributed by atoms with Crippen molar-refractivity contribution in [2.75, 3.05) is 17.7 Å². The summed E-state index contributed by atoms with van der Waals surface area (Å²) in [6.45, 7) is 2.18. The lowest BCUT2D eigenvalue weighted by molar-refractivity contribution is 0.102. The summed E-state index contributed by atoms with van der Waals surface area (Å²) >= 11 is 1.53. The van der Waals surface area contributed by atoms with Gasteiger partial charge >= 0.3 is 0 Å². The first kappa shape index (κ1) is 22.6. The van der Waals surface area contributed by atoms with Gasteiger partial charge in [-0.25, -0.2) is 4.98 Å². The number of hydrogen-bond acceptors (Lipinski definition) is 5. The Bertz CT molecular complexity index is 1220. The largest absolute Gasteiger partial charge is 0.497 e. The van der Waals surface area contributed by atoms with Crippen LogP contribution in [-0.4, -0.2) is 18.0 Å². The number of benzene rings is 3. The van der Waals surface area contributed by atoms with Crippen LogP contribution in [0.15, 0.2) is 78.2 Å². The number of ether oxygens (including phenoxy) is 1. The van der Waals surface area contributed by atoms with E-state index < -0.39 is 0 Å². The Morgan fingerprint density at radius 1 is 1.00 bits per heavy atom. The number of aromatic nitrogens is 1. The van der Waals surface area contributed by atoms with Crippen molar-refractivity contribution in [3.8, 4) is 17.0 Å². The van der Waals surface area contributed by atoms with Crippen molar-refractivity contribution in [2.45, 2.75) is 26.2 Å². The number of thiazole rings is 1. The molecule has 1 aromatic heterocycles. The van der Waals surface area contributed by atoms with Gasteiger partial charge in [-0.2, -0.15) is 0 Å². The molecule has 3 aromatic carbocycles. The Hall–Kier alpha value is -3.64. The first-order valence-corrected chi connectivity index (χ1v) is 11.9. The van der Waals surface area contributed by atoms with E-state index >= 15 is 0 Å². The minimum atomic E-state index is -0.118. The molecule has 1 heterocycles. The molecule has 0 aliphatic rings. The predicted octanol–water partition coefficient (Wildman–Crippen LogP) is 7.16. The minimum absolute atomic E-state index is 0.118. The molecule has 4 aromatic rings. The first-order valence-electron chi connectivity index (χ1n) is 11.0. The van der Waals surface area contributed by atoms with Crippen molar-refractivity contribution >= 4 is 33.8 Å². The van der Waals surface area contributed by atoms with Gasteiger partial charge in [-0.15, -0.1) is 11.3 Å². The number of anilines is 3. The summed E-state index contributed by atoms with van der Waals surface area (Å²) in [5.74, 6) is 0.670. The van der Waals surface area contributed by atoms with E-state index in [2.05, 4.69) is 17.6 Å². The summed E-state index contributed by atoms with van der Waals surface area (Å²) < 4.78 is 5.27. The zero-order chi connectivity index (χ0) is 23.0. The van der Waals surface area contributed by atoms with Gasteiger partial charge in [0.2, 0.25) is 0 Å². The molecule has 5 nitrogen and oxygen atoms in total. The molecule has 33 heavy (non-hydrogen) atoms. The normalized spacial score (nSPS) is 10.6. The number of carbonyl (C=O) groups is 1. The van der Waals surface area contributed by atoms with Crippen LogP contribution in [0.1, 0.15) is 35.7 Å². The van der Waals surface area contributed by atoms with E-state index in [4.69, 9.17) is 9.72 Å². The molecule has 0 bridgehead atoms. The molecule has 0 atom stereocenters. The van der Waals surface area contributed by atoms with Crippen molar-refractivity contribution < 1.29 is 9.53 Å². The van der Waals surface area contributed by atoms with Crippen LogP contribution in [0.3, 0.4) is 0 Å². The molecule has 2 N–H and O–H groups in total. The monoisotopic (exact) mass is 457 g/mol. The highest BCUT2D eigenvalue weighted by atomic mass is 32.1. The van der Waals surface area contributed by atoms with Gasteiger partial charge in [0.25, 0.3) is 5.91 Å². The third-order valence-electron chi connectivity index (χ3n) is 5.28. The molecule has 0 radical (unpaired) electrons. The molecular formula is C27H27N3O2S. The zero-order valence-electron chi connectivity index (χ0n) is 18.8. The van der Waals surface area contributed by atoms with E-state index in [0.717, 1.165) is 52.8 Å². The highest BCUT2D eigenvalue weighted by Gasteiger charge is 2.09. The topological polar surface area (TPSA) is 63.2 Å². The van der Waals surface area contributed by atoms with Crippen LogP contribution in [0, 0.1) is 0 Å². The van der Waals surface area contributed by atoms with E-state index in [-0.39, 0.29) is 5.91 Å². The fourth-order valence-electron chi connectivity index (χ4n) is 3.45. The number of nitrogens with zero attached hydrogens (tertiary/aromatic N) is 1. The maximum absolute atomic E-state index is 12.7. The van der Waals surface area contributed by atoms with Gasteiger partial charge in [-0.3, -0.25) is 4.79 Å². The van der Waals surface area contributed by atoms with Crippen LogP contribution in [0.25, 0.3) is 11.3 Å². The van der Waals surface area contributed by atoms with Gasteiger partial charge in [-0.05, 0) is 54.8 Å². The van der Waals surface area contributed by atoms with Crippen molar-refractivity contribution in [2.24, 2.45) is 0 Å². The molecule has 0 spiro atoms. The van der Waals surface area contributed by atoms with Gasteiger partial charge in [0, 0.05) is 33.9 Å². The van der Waals surface area contributed by atoms with Crippen molar-refractivity contribution in [1.82, 2.24) is 4.98 Å². The number of hydrogen-bond donors (Lipinski definition) is 2. The maximum Gasteiger partial charge on any atom is 0.255 e. The smallest absolute Gasteiger partial charge is 0.255 e. The van der Waals surface area contributed by atoms with Gasteiger partial charge in [-0.1, -0.05) is 43.7 Å². The van der Waals surface area contributed by atoms with Crippen LogP contribution < -0.4 is 15.4 Å². The highest BCUT2D eigenvalue weighted by molar-refractivity contribution is 7.14. The van der Waals surface area contributed by atoms with Gasteiger partial charge in [0.05, 0.1) is 12.8 Å². The molecule has 168 valence electrons. The molecule has 6 heteroatoms. The van der Waals surface area contributed by atoms with E-state index in [0.29, 0.717) is 5.56 Å². The predicted molar refractivity (Wildman–Crippen MR) is 137 cm³/mol. The number of unbranched alkanes of at least 4 members (excludes halogenated alkanes) is 1. The van der Waals surface area contributed by atoms with Crippen LogP contribution in [-0.2, 0) is 6.42 Å². The SMILES string of the molecule is CCCCc1ccc(C(=O)Nc2cccc(-c3csc(Nc4cccc(OC)c4)n3)c2)cc1. The molecule has 0 aliphatic heterocycles. The minimum Gasteiger partial charge on any atom is -0.497 e. The summed E-state index contributed by atoms with van der Waals surface area (Å²) in [4.78, 5) is 17.4. The van der Waals surface area contributed by atoms with Crippen LogP contribution in [0.2, 0.25) is 0 Å². The lowest BCUT2D eigenvalue weighted by Gasteiger charge is -2.08. The number of carbonyl (C=O) groups excluding carboxylic acids is 1. The van der Waals surface area contributed by atoms with E-state index in [1.165, 1.54) is 16.9 Å². The van der Waals surface area contributed by atoms with Gasteiger partial charge in [0.15, 0.2) is 5.13 Å². The third kappa shape index (κ3) is 5.99. The average Bonchev–Trinajstić information content (AvgIpc) is 3.32. The zero-order valence-corrected chi connectivity index (χ0v) is 19.6. The molecule has 0 saturated heterocycles. The lowest BCUT2D eigenvalue weighted by Crippen LogP contribution is -2.11. The molecular weight excluding hydrogens is 430 g/mol. The second kappa shape index (κ2) is 10.8. The highest BCUT2D eigenvalue weighted by Crippen LogP contribution is 2.29. The second-order valence-corrected chi connectivity index (χ2v) is 8.59. The molecule has 0 aliphatic carbocycles. The Morgan fingerprint density at radius 3 is 2.58 bits per heavy atom. The molecule has 0 unspecified atom stereocenters. The van der Waals surface area contributed by atoms with Crippen LogP contribution in [0.5, 0.6) is 5.75 Å². The van der Waals surface area contributed by atoms with E-state index in [1.54, 1.807) is 7.11 Å². The summed E-state index contributed by atoms with van der Waals surface area (Å²) in [5.41, 5.74) is 5.36. The second-order valence-electron chi connectivity index (χ2n) is 7.73. The third-order valence-corrected chi connectivity index (χ3v) is 6.03. The number of amides is 1. The quantitative estimate of drug-likeness (QED) is 0.280. The number of nitrogens with one attached hydrogen (secondary N) is 2. The van der Waals surface area contributed by atoms with Crippen LogP contribution >= 0.6 is 11.3 Å². The Balaban J connectivity index is 1.43. The van der Waals surface area contributed by atoms with Crippen molar-refractivity contribution in [1.29, 1.82) is 0 Å². The Kier molecular flexibility index (Phi) is 7.37. The van der Waals surface area contributed by atoms with E-state index in [9.17, 15) is 4.79 Å². The molecule has 1 amide bonds. The Labute approximate surface area is 198 Å². The van der Waals surface area contributed by atoms with Crippen LogP contribution in [0.4, 0.5) is 16.5 Å².